The lowest BCUT2D eigenvalue weighted by Crippen LogP contribution is -2.24. The molecule has 1 atom stereocenters. The Kier molecular flexibility index (Phi) is 6.62. The Morgan fingerprint density at radius 2 is 1.93 bits per heavy atom. The predicted octanol–water partition coefficient (Wildman–Crippen LogP) is 3.33. The highest BCUT2D eigenvalue weighted by Gasteiger charge is 2.17. The molecule has 3 aromatic rings. The van der Waals surface area contributed by atoms with Gasteiger partial charge in [0.2, 0.25) is 0 Å². The number of amides is 1. The number of ether oxygens (including phenoxy) is 2. The highest BCUT2D eigenvalue weighted by Crippen LogP contribution is 2.30. The van der Waals surface area contributed by atoms with Gasteiger partial charge in [0.25, 0.3) is 5.91 Å². The fourth-order valence-corrected chi connectivity index (χ4v) is 3.68. The molecule has 0 saturated carbocycles. The first-order valence-electron chi connectivity index (χ1n) is 8.85. The van der Waals surface area contributed by atoms with E-state index >= 15 is 0 Å². The van der Waals surface area contributed by atoms with Crippen LogP contribution in [0.5, 0.6) is 11.5 Å². The fourth-order valence-electron chi connectivity index (χ4n) is 2.88. The maximum Gasteiger partial charge on any atom is 0.271 e. The average Bonchev–Trinajstić information content (AvgIpc) is 3.23. The maximum atomic E-state index is 12.5. The van der Waals surface area contributed by atoms with Gasteiger partial charge in [-0.2, -0.15) is 0 Å². The minimum Gasteiger partial charge on any atom is -0.493 e. The predicted molar refractivity (Wildman–Crippen MR) is 110 cm³/mol. The number of carbonyl (C=O) groups excluding carboxylic acids is 1. The van der Waals surface area contributed by atoms with Crippen LogP contribution in [0.3, 0.4) is 0 Å². The largest absolute Gasteiger partial charge is 0.493 e. The topological polar surface area (TPSA) is 86.5 Å². The van der Waals surface area contributed by atoms with Crippen LogP contribution in [0.15, 0.2) is 53.9 Å². The van der Waals surface area contributed by atoms with Gasteiger partial charge in [-0.25, -0.2) is 4.98 Å². The van der Waals surface area contributed by atoms with Gasteiger partial charge in [0.1, 0.15) is 10.7 Å². The number of nitrogens with two attached hydrogens (primary N) is 1. The van der Waals surface area contributed by atoms with E-state index in [9.17, 15) is 4.79 Å². The standard InChI is InChI=1S/C21H23N3O3S/c1-26-18-10-6-9-15(19(18)27-2)12-23-20(25)17-13-28-21(24-17)16(22)11-14-7-4-3-5-8-14/h3-10,13,16H,11-12,22H2,1-2H3,(H,23,25). The van der Waals surface area contributed by atoms with Crippen molar-refractivity contribution in [3.8, 4) is 11.5 Å². The van der Waals surface area contributed by atoms with E-state index in [1.165, 1.54) is 11.3 Å². The Hall–Kier alpha value is -2.90. The Balaban J connectivity index is 1.63. The number of carbonyl (C=O) groups is 1. The highest BCUT2D eigenvalue weighted by molar-refractivity contribution is 7.09. The summed E-state index contributed by atoms with van der Waals surface area (Å²) in [5.74, 6) is 0.977. The molecule has 1 heterocycles. The van der Waals surface area contributed by atoms with Crippen LogP contribution in [0.4, 0.5) is 0 Å². The fraction of sp³-hybridized carbons (Fsp3) is 0.238. The van der Waals surface area contributed by atoms with Crippen LogP contribution in [-0.2, 0) is 13.0 Å². The molecule has 0 spiro atoms. The quantitative estimate of drug-likeness (QED) is 0.609. The maximum absolute atomic E-state index is 12.5. The third-order valence-electron chi connectivity index (χ3n) is 4.29. The van der Waals surface area contributed by atoms with E-state index < -0.39 is 0 Å². The average molecular weight is 398 g/mol. The van der Waals surface area contributed by atoms with E-state index in [-0.39, 0.29) is 11.9 Å². The molecule has 1 amide bonds. The van der Waals surface area contributed by atoms with Gasteiger partial charge in [0, 0.05) is 17.5 Å². The van der Waals surface area contributed by atoms with E-state index in [1.807, 2.05) is 48.5 Å². The highest BCUT2D eigenvalue weighted by atomic mass is 32.1. The molecule has 1 aromatic heterocycles. The summed E-state index contributed by atoms with van der Waals surface area (Å²) in [6, 6.07) is 15.3. The molecule has 3 rings (SSSR count). The first kappa shape index (κ1) is 19.9. The summed E-state index contributed by atoms with van der Waals surface area (Å²) in [4.78, 5) is 16.9. The van der Waals surface area contributed by atoms with Gasteiger partial charge in [0.05, 0.1) is 20.3 Å². The minimum absolute atomic E-state index is 0.243. The SMILES string of the molecule is COc1cccc(CNC(=O)c2csc(C(N)Cc3ccccc3)n2)c1OC. The van der Waals surface area contributed by atoms with Crippen LogP contribution in [0.1, 0.15) is 32.7 Å². The van der Waals surface area contributed by atoms with Gasteiger partial charge >= 0.3 is 0 Å². The molecule has 0 aliphatic heterocycles. The zero-order valence-corrected chi connectivity index (χ0v) is 16.7. The van der Waals surface area contributed by atoms with E-state index in [4.69, 9.17) is 15.2 Å². The lowest BCUT2D eigenvalue weighted by Gasteiger charge is -2.12. The van der Waals surface area contributed by atoms with E-state index in [2.05, 4.69) is 10.3 Å². The molecule has 146 valence electrons. The minimum atomic E-state index is -0.251. The van der Waals surface area contributed by atoms with E-state index in [0.29, 0.717) is 30.2 Å². The molecule has 0 aliphatic carbocycles. The lowest BCUT2D eigenvalue weighted by atomic mass is 10.1. The Morgan fingerprint density at radius 1 is 1.14 bits per heavy atom. The van der Waals surface area contributed by atoms with Crippen molar-refractivity contribution in [2.24, 2.45) is 5.73 Å². The van der Waals surface area contributed by atoms with Gasteiger partial charge in [-0.1, -0.05) is 42.5 Å². The van der Waals surface area contributed by atoms with Gasteiger partial charge in [-0.15, -0.1) is 11.3 Å². The van der Waals surface area contributed by atoms with Gasteiger partial charge in [0.15, 0.2) is 11.5 Å². The number of benzene rings is 2. The number of hydrogen-bond donors (Lipinski definition) is 2. The number of nitrogens with one attached hydrogen (secondary N) is 1. The van der Waals surface area contributed by atoms with Crippen molar-refractivity contribution >= 4 is 17.2 Å². The van der Waals surface area contributed by atoms with Crippen molar-refractivity contribution in [1.29, 1.82) is 0 Å². The third kappa shape index (κ3) is 4.68. The Labute approximate surface area is 168 Å². The van der Waals surface area contributed by atoms with Crippen LogP contribution < -0.4 is 20.5 Å². The third-order valence-corrected chi connectivity index (χ3v) is 5.27. The van der Waals surface area contributed by atoms with E-state index in [1.54, 1.807) is 19.6 Å². The number of nitrogens with zero attached hydrogens (tertiary/aromatic N) is 1. The molecule has 28 heavy (non-hydrogen) atoms. The summed E-state index contributed by atoms with van der Waals surface area (Å²) in [5.41, 5.74) is 8.59. The summed E-state index contributed by atoms with van der Waals surface area (Å²) in [6.07, 6.45) is 0.677. The van der Waals surface area contributed by atoms with Crippen LogP contribution in [-0.4, -0.2) is 25.1 Å². The van der Waals surface area contributed by atoms with Crippen molar-refractivity contribution in [1.82, 2.24) is 10.3 Å². The second-order valence-electron chi connectivity index (χ2n) is 6.20. The zero-order valence-electron chi connectivity index (χ0n) is 15.8. The monoisotopic (exact) mass is 397 g/mol. The van der Waals surface area contributed by atoms with Gasteiger partial charge in [-0.3, -0.25) is 4.79 Å². The molecular formula is C21H23N3O3S. The summed E-state index contributed by atoms with van der Waals surface area (Å²) < 4.78 is 10.7. The summed E-state index contributed by atoms with van der Waals surface area (Å²) in [6.45, 7) is 0.308. The van der Waals surface area contributed by atoms with Crippen molar-refractivity contribution in [3.63, 3.8) is 0 Å². The molecule has 0 saturated heterocycles. The molecule has 1 unspecified atom stereocenters. The number of hydrogen-bond acceptors (Lipinski definition) is 6. The van der Waals surface area contributed by atoms with Crippen LogP contribution >= 0.6 is 11.3 Å². The zero-order chi connectivity index (χ0) is 19.9. The van der Waals surface area contributed by atoms with Crippen molar-refractivity contribution in [2.75, 3.05) is 14.2 Å². The van der Waals surface area contributed by atoms with Crippen molar-refractivity contribution < 1.29 is 14.3 Å². The number of rotatable bonds is 8. The normalized spacial score (nSPS) is 11.7. The second kappa shape index (κ2) is 9.34. The van der Waals surface area contributed by atoms with Crippen LogP contribution in [0, 0.1) is 0 Å². The van der Waals surface area contributed by atoms with Crippen LogP contribution in [0.2, 0.25) is 0 Å². The number of para-hydroxylation sites is 1. The molecule has 2 aromatic carbocycles. The lowest BCUT2D eigenvalue weighted by molar-refractivity contribution is 0.0946. The van der Waals surface area contributed by atoms with Gasteiger partial charge in [-0.05, 0) is 18.1 Å². The Morgan fingerprint density at radius 3 is 2.64 bits per heavy atom. The number of methoxy groups -OCH3 is 2. The summed E-state index contributed by atoms with van der Waals surface area (Å²) in [7, 11) is 3.15. The molecule has 0 bridgehead atoms. The number of thiazole rings is 1. The summed E-state index contributed by atoms with van der Waals surface area (Å²) >= 11 is 1.40. The van der Waals surface area contributed by atoms with Crippen molar-refractivity contribution in [2.45, 2.75) is 19.0 Å². The van der Waals surface area contributed by atoms with E-state index in [0.717, 1.165) is 16.1 Å². The summed E-state index contributed by atoms with van der Waals surface area (Å²) in [5, 5.41) is 5.35. The molecule has 6 nitrogen and oxygen atoms in total. The smallest absolute Gasteiger partial charge is 0.271 e. The molecular weight excluding hydrogens is 374 g/mol. The molecule has 0 fully saturated rings. The van der Waals surface area contributed by atoms with Crippen LogP contribution in [0.25, 0.3) is 0 Å². The van der Waals surface area contributed by atoms with Gasteiger partial charge < -0.3 is 20.5 Å². The molecule has 3 N–H and O–H groups in total. The Bertz CT molecular complexity index is 928. The number of aromatic nitrogens is 1. The first-order valence-corrected chi connectivity index (χ1v) is 9.73. The van der Waals surface area contributed by atoms with Crippen molar-refractivity contribution in [3.05, 3.63) is 75.7 Å². The molecule has 7 heteroatoms. The second-order valence-corrected chi connectivity index (χ2v) is 7.09. The first-order chi connectivity index (χ1) is 13.6. The molecule has 0 radical (unpaired) electrons. The molecule has 0 aliphatic rings.